The molecular formula is C37H32F3N5O. The highest BCUT2D eigenvalue weighted by atomic mass is 19.2. The number of ether oxygens (including phenoxy) is 1. The molecule has 232 valence electrons. The van der Waals surface area contributed by atoms with E-state index in [0.29, 0.717) is 17.2 Å². The lowest BCUT2D eigenvalue weighted by Gasteiger charge is -2.30. The molecule has 0 fully saturated rings. The van der Waals surface area contributed by atoms with E-state index in [9.17, 15) is 8.78 Å². The molecule has 2 heterocycles. The lowest BCUT2D eigenvalue weighted by Crippen LogP contribution is -2.15. The van der Waals surface area contributed by atoms with Crippen LogP contribution >= 0.6 is 0 Å². The van der Waals surface area contributed by atoms with E-state index in [1.54, 1.807) is 24.4 Å². The second-order valence-corrected chi connectivity index (χ2v) is 11.2. The van der Waals surface area contributed by atoms with Crippen LogP contribution in [0, 0.1) is 45.1 Å². The Balaban J connectivity index is 1.56. The average Bonchev–Trinajstić information content (AvgIpc) is 3.58. The molecule has 0 aliphatic heterocycles. The van der Waals surface area contributed by atoms with Crippen molar-refractivity contribution in [1.82, 2.24) is 14.8 Å². The first-order valence-electron chi connectivity index (χ1n) is 14.7. The summed E-state index contributed by atoms with van der Waals surface area (Å²) in [6, 6.07) is 26.1. The lowest BCUT2D eigenvalue weighted by atomic mass is 10.0. The van der Waals surface area contributed by atoms with Crippen LogP contribution in [0.2, 0.25) is 0 Å². The van der Waals surface area contributed by atoms with Gasteiger partial charge >= 0.3 is 0 Å². The zero-order valence-electron chi connectivity index (χ0n) is 26.1. The van der Waals surface area contributed by atoms with Crippen LogP contribution in [-0.4, -0.2) is 21.8 Å². The number of hydrogen-bond acceptors (Lipinski definition) is 5. The van der Waals surface area contributed by atoms with E-state index < -0.39 is 23.2 Å². The minimum Gasteiger partial charge on any atom is -0.454 e. The Hall–Kier alpha value is -5.57. The highest BCUT2D eigenvalue weighted by Gasteiger charge is 2.24. The van der Waals surface area contributed by atoms with Crippen molar-refractivity contribution in [3.63, 3.8) is 0 Å². The number of halogens is 3. The van der Waals surface area contributed by atoms with Gasteiger partial charge in [-0.1, -0.05) is 41.5 Å². The van der Waals surface area contributed by atoms with Gasteiger partial charge in [-0.05, 0) is 75.2 Å². The minimum atomic E-state index is -1.66. The smallest absolute Gasteiger partial charge is 0.204 e. The molecule has 0 aliphatic carbocycles. The third-order valence-corrected chi connectivity index (χ3v) is 7.77. The number of pyridine rings is 1. The third kappa shape index (κ3) is 5.91. The summed E-state index contributed by atoms with van der Waals surface area (Å²) in [5.74, 6) is -4.09. The van der Waals surface area contributed by atoms with Gasteiger partial charge in [0.2, 0.25) is 11.6 Å². The first-order chi connectivity index (χ1) is 22.1. The van der Waals surface area contributed by atoms with Crippen molar-refractivity contribution < 1.29 is 17.9 Å². The highest BCUT2D eigenvalue weighted by molar-refractivity contribution is 5.83. The Bertz CT molecular complexity index is 1980. The molecule has 4 aromatic carbocycles. The van der Waals surface area contributed by atoms with Gasteiger partial charge in [0.05, 0.1) is 5.69 Å². The second-order valence-electron chi connectivity index (χ2n) is 11.2. The van der Waals surface area contributed by atoms with Gasteiger partial charge in [-0.25, -0.2) is 18.4 Å². The van der Waals surface area contributed by atoms with Gasteiger partial charge in [-0.3, -0.25) is 0 Å². The van der Waals surface area contributed by atoms with Gasteiger partial charge in [0, 0.05) is 60.9 Å². The van der Waals surface area contributed by atoms with Crippen LogP contribution < -0.4 is 14.5 Å². The van der Waals surface area contributed by atoms with Gasteiger partial charge in [-0.2, -0.15) is 9.49 Å². The standard InChI is InChI=1S/C37H32F3N5O/c1-23-10-12-30(25(3)17-23)45(31-13-11-24(2)18-26(31)4)28-19-27(43(5)34-9-6-7-14-41-34)20-29(21-28)46-33-22-32(44-16-8-15-42-44)35(38)37(40)36(33)39/h6-22H,1-5H3. The Morgan fingerprint density at radius 2 is 1.35 bits per heavy atom. The predicted octanol–water partition coefficient (Wildman–Crippen LogP) is 9.95. The number of nitrogens with zero attached hydrogens (tertiary/aromatic N) is 5. The molecule has 0 N–H and O–H groups in total. The summed E-state index contributed by atoms with van der Waals surface area (Å²) in [6.45, 7) is 8.18. The first kappa shape index (κ1) is 30.5. The van der Waals surface area contributed by atoms with E-state index in [2.05, 4.69) is 39.2 Å². The van der Waals surface area contributed by atoms with Crippen LogP contribution in [0.1, 0.15) is 22.3 Å². The van der Waals surface area contributed by atoms with Crippen molar-refractivity contribution >= 4 is 28.6 Å². The molecule has 0 aliphatic rings. The molecule has 46 heavy (non-hydrogen) atoms. The number of rotatable bonds is 8. The number of aryl methyl sites for hydroxylation is 4. The van der Waals surface area contributed by atoms with Gasteiger partial charge in [-0.15, -0.1) is 0 Å². The number of hydrogen-bond donors (Lipinski definition) is 0. The monoisotopic (exact) mass is 619 g/mol. The minimum absolute atomic E-state index is 0.200. The van der Waals surface area contributed by atoms with E-state index in [4.69, 9.17) is 4.74 Å². The zero-order valence-corrected chi connectivity index (χ0v) is 26.1. The molecule has 9 heteroatoms. The Kier molecular flexibility index (Phi) is 8.23. The Morgan fingerprint density at radius 1 is 0.674 bits per heavy atom. The normalized spacial score (nSPS) is 11.0. The molecule has 0 spiro atoms. The van der Waals surface area contributed by atoms with Crippen molar-refractivity contribution in [2.24, 2.45) is 0 Å². The molecule has 6 aromatic rings. The molecule has 0 radical (unpaired) electrons. The third-order valence-electron chi connectivity index (χ3n) is 7.77. The SMILES string of the molecule is Cc1ccc(N(c2cc(Oc3cc(-n4cccn4)c(F)c(F)c3F)cc(N(C)c3ccccn3)c2)c2ccc(C)cc2C)c(C)c1. The van der Waals surface area contributed by atoms with Crippen molar-refractivity contribution in [3.8, 4) is 17.2 Å². The van der Waals surface area contributed by atoms with E-state index in [1.807, 2.05) is 76.0 Å². The fraction of sp³-hybridized carbons (Fsp3) is 0.135. The van der Waals surface area contributed by atoms with E-state index >= 15 is 4.39 Å². The maximum Gasteiger partial charge on any atom is 0.204 e. The van der Waals surface area contributed by atoms with Crippen LogP contribution in [0.25, 0.3) is 5.69 Å². The molecule has 0 saturated carbocycles. The maximum absolute atomic E-state index is 15.3. The fourth-order valence-electron chi connectivity index (χ4n) is 5.50. The van der Waals surface area contributed by atoms with E-state index in [1.165, 1.54) is 12.4 Å². The van der Waals surface area contributed by atoms with Crippen LogP contribution in [0.15, 0.2) is 104 Å². The van der Waals surface area contributed by atoms with Gasteiger partial charge < -0.3 is 14.5 Å². The number of anilines is 5. The van der Waals surface area contributed by atoms with E-state index in [0.717, 1.165) is 44.4 Å². The largest absolute Gasteiger partial charge is 0.454 e. The van der Waals surface area contributed by atoms with Gasteiger partial charge in [0.1, 0.15) is 17.3 Å². The number of aromatic nitrogens is 3. The molecule has 0 bridgehead atoms. The number of benzene rings is 4. The Morgan fingerprint density at radius 3 is 1.93 bits per heavy atom. The van der Waals surface area contributed by atoms with Crippen molar-refractivity contribution in [2.75, 3.05) is 16.8 Å². The van der Waals surface area contributed by atoms with E-state index in [-0.39, 0.29) is 11.4 Å². The molecule has 6 rings (SSSR count). The molecule has 6 nitrogen and oxygen atoms in total. The summed E-state index contributed by atoms with van der Waals surface area (Å²) in [6.07, 6.45) is 4.54. The van der Waals surface area contributed by atoms with Crippen LogP contribution in [-0.2, 0) is 0 Å². The molecular weight excluding hydrogens is 587 g/mol. The van der Waals surface area contributed by atoms with Gasteiger partial charge in [0.15, 0.2) is 11.6 Å². The van der Waals surface area contributed by atoms with Crippen molar-refractivity contribution in [2.45, 2.75) is 27.7 Å². The fourth-order valence-corrected chi connectivity index (χ4v) is 5.50. The summed E-state index contributed by atoms with van der Waals surface area (Å²) in [4.78, 5) is 8.48. The van der Waals surface area contributed by atoms with Crippen molar-refractivity contribution in [3.05, 3.63) is 143 Å². The summed E-state index contributed by atoms with van der Waals surface area (Å²) in [7, 11) is 1.86. The zero-order chi connectivity index (χ0) is 32.5. The first-order valence-corrected chi connectivity index (χ1v) is 14.7. The molecule has 0 unspecified atom stereocenters. The second kappa shape index (κ2) is 12.4. The maximum atomic E-state index is 15.3. The summed E-state index contributed by atoms with van der Waals surface area (Å²) >= 11 is 0. The van der Waals surface area contributed by atoms with Crippen molar-refractivity contribution in [1.29, 1.82) is 0 Å². The topological polar surface area (TPSA) is 46.4 Å². The highest BCUT2D eigenvalue weighted by Crippen LogP contribution is 2.43. The quantitative estimate of drug-likeness (QED) is 0.159. The van der Waals surface area contributed by atoms with Crippen LogP contribution in [0.3, 0.4) is 0 Å². The van der Waals surface area contributed by atoms with Crippen LogP contribution in [0.4, 0.5) is 41.7 Å². The molecule has 0 amide bonds. The van der Waals surface area contributed by atoms with Gasteiger partial charge in [0.25, 0.3) is 0 Å². The lowest BCUT2D eigenvalue weighted by molar-refractivity contribution is 0.392. The Labute approximate surface area is 265 Å². The predicted molar refractivity (Wildman–Crippen MR) is 176 cm³/mol. The molecule has 2 aromatic heterocycles. The summed E-state index contributed by atoms with van der Waals surface area (Å²) in [5, 5.41) is 3.98. The molecule has 0 atom stereocenters. The average molecular weight is 620 g/mol. The van der Waals surface area contributed by atoms with Crippen LogP contribution in [0.5, 0.6) is 11.5 Å². The molecule has 0 saturated heterocycles. The summed E-state index contributed by atoms with van der Waals surface area (Å²) < 4.78 is 52.2. The summed E-state index contributed by atoms with van der Waals surface area (Å²) in [5.41, 5.74) is 7.27.